The van der Waals surface area contributed by atoms with Gasteiger partial charge in [-0.2, -0.15) is 4.98 Å². The Morgan fingerprint density at radius 1 is 1.38 bits per heavy atom. The first-order valence-corrected chi connectivity index (χ1v) is 8.69. The van der Waals surface area contributed by atoms with Gasteiger partial charge in [0, 0.05) is 14.6 Å². The number of nitrogens with two attached hydrogens (primary N) is 1. The van der Waals surface area contributed by atoms with E-state index in [0.29, 0.717) is 11.7 Å². The fraction of sp³-hybridized carbons (Fsp3) is 0.429. The van der Waals surface area contributed by atoms with E-state index in [4.69, 9.17) is 10.3 Å². The topological polar surface area (TPSA) is 68.2 Å². The van der Waals surface area contributed by atoms with Crippen molar-refractivity contribution in [1.82, 2.24) is 15.0 Å². The Bertz CT molecular complexity index is 600. The zero-order valence-electron chi connectivity index (χ0n) is 12.0. The maximum absolute atomic E-state index is 6.17. The number of hydrogen-bond acceptors (Lipinski definition) is 5. The number of rotatable bonds is 6. The summed E-state index contributed by atoms with van der Waals surface area (Å²) in [6.07, 6.45) is 0. The standard InChI is InChI=1S/C14H18BrIN4O/c1-3-20(4-2)8-12(17)13-18-14(21-19-13)10-7-9(15)5-6-11(10)16/h5-7,12H,3-4,8,17H2,1-2H3. The van der Waals surface area contributed by atoms with E-state index in [-0.39, 0.29) is 6.04 Å². The van der Waals surface area contributed by atoms with Gasteiger partial charge in [0.1, 0.15) is 0 Å². The normalized spacial score (nSPS) is 12.9. The van der Waals surface area contributed by atoms with Gasteiger partial charge in [-0.15, -0.1) is 0 Å². The third-order valence-corrected chi connectivity index (χ3v) is 4.72. The van der Waals surface area contributed by atoms with Gasteiger partial charge in [0.25, 0.3) is 5.89 Å². The molecule has 0 aliphatic carbocycles. The third-order valence-electron chi connectivity index (χ3n) is 3.28. The molecule has 2 N–H and O–H groups in total. The molecule has 0 spiro atoms. The monoisotopic (exact) mass is 464 g/mol. The van der Waals surface area contributed by atoms with Crippen molar-refractivity contribution in [2.45, 2.75) is 19.9 Å². The molecule has 7 heteroatoms. The van der Waals surface area contributed by atoms with Gasteiger partial charge in [-0.05, 0) is 53.9 Å². The van der Waals surface area contributed by atoms with Crippen molar-refractivity contribution in [3.05, 3.63) is 32.1 Å². The Labute approximate surface area is 146 Å². The average Bonchev–Trinajstić information content (AvgIpc) is 2.96. The van der Waals surface area contributed by atoms with Crippen LogP contribution in [0, 0.1) is 3.57 Å². The van der Waals surface area contributed by atoms with Crippen LogP contribution in [0.5, 0.6) is 0 Å². The highest BCUT2D eigenvalue weighted by atomic mass is 127. The molecule has 21 heavy (non-hydrogen) atoms. The largest absolute Gasteiger partial charge is 0.334 e. The summed E-state index contributed by atoms with van der Waals surface area (Å²) < 4.78 is 7.41. The lowest BCUT2D eigenvalue weighted by Crippen LogP contribution is -2.32. The first-order chi connectivity index (χ1) is 10.0. The summed E-state index contributed by atoms with van der Waals surface area (Å²) in [4.78, 5) is 6.69. The van der Waals surface area contributed by atoms with Crippen LogP contribution in [0.1, 0.15) is 25.7 Å². The molecule has 114 valence electrons. The first-order valence-electron chi connectivity index (χ1n) is 6.82. The molecule has 0 aliphatic rings. The van der Waals surface area contributed by atoms with Crippen LogP contribution in [0.2, 0.25) is 0 Å². The average molecular weight is 465 g/mol. The number of likely N-dealkylation sites (N-methyl/N-ethyl adjacent to an activating group) is 1. The molecule has 2 rings (SSSR count). The molecule has 0 amide bonds. The maximum Gasteiger partial charge on any atom is 0.259 e. The molecule has 0 aliphatic heterocycles. The van der Waals surface area contributed by atoms with Crippen molar-refractivity contribution in [2.75, 3.05) is 19.6 Å². The van der Waals surface area contributed by atoms with E-state index >= 15 is 0 Å². The number of aromatic nitrogens is 2. The lowest BCUT2D eigenvalue weighted by molar-refractivity contribution is 0.278. The van der Waals surface area contributed by atoms with Gasteiger partial charge in [0.05, 0.1) is 11.6 Å². The third kappa shape index (κ3) is 4.24. The molecule has 5 nitrogen and oxygen atoms in total. The van der Waals surface area contributed by atoms with E-state index in [1.807, 2.05) is 18.2 Å². The second-order valence-corrected chi connectivity index (χ2v) is 6.75. The molecule has 2 aromatic rings. The minimum absolute atomic E-state index is 0.243. The van der Waals surface area contributed by atoms with Gasteiger partial charge in [-0.3, -0.25) is 0 Å². The summed E-state index contributed by atoms with van der Waals surface area (Å²) in [5.41, 5.74) is 7.08. The smallest absolute Gasteiger partial charge is 0.259 e. The van der Waals surface area contributed by atoms with Gasteiger partial charge < -0.3 is 15.2 Å². The van der Waals surface area contributed by atoms with Gasteiger partial charge in [0.15, 0.2) is 5.82 Å². The summed E-state index contributed by atoms with van der Waals surface area (Å²) in [6, 6.07) is 5.70. The summed E-state index contributed by atoms with van der Waals surface area (Å²) in [6.45, 7) is 6.86. The molecule has 0 bridgehead atoms. The van der Waals surface area contributed by atoms with E-state index < -0.39 is 0 Å². The molecular formula is C14H18BrIN4O. The summed E-state index contributed by atoms with van der Waals surface area (Å²) in [5, 5.41) is 4.03. The second kappa shape index (κ2) is 7.66. The summed E-state index contributed by atoms with van der Waals surface area (Å²) in [7, 11) is 0. The molecule has 0 saturated heterocycles. The zero-order valence-corrected chi connectivity index (χ0v) is 15.8. The predicted octanol–water partition coefficient (Wildman–Crippen LogP) is 3.45. The van der Waals surface area contributed by atoms with Crippen LogP contribution in [-0.2, 0) is 0 Å². The van der Waals surface area contributed by atoms with Crippen molar-refractivity contribution in [3.8, 4) is 11.5 Å². The molecule has 0 radical (unpaired) electrons. The fourth-order valence-electron chi connectivity index (χ4n) is 2.00. The van der Waals surface area contributed by atoms with E-state index in [0.717, 1.165) is 33.2 Å². The van der Waals surface area contributed by atoms with Crippen LogP contribution in [-0.4, -0.2) is 34.7 Å². The van der Waals surface area contributed by atoms with Crippen molar-refractivity contribution < 1.29 is 4.52 Å². The predicted molar refractivity (Wildman–Crippen MR) is 94.9 cm³/mol. The van der Waals surface area contributed by atoms with E-state index in [9.17, 15) is 0 Å². The van der Waals surface area contributed by atoms with E-state index in [2.05, 4.69) is 67.4 Å². The molecular weight excluding hydrogens is 447 g/mol. The van der Waals surface area contributed by atoms with Crippen molar-refractivity contribution in [3.63, 3.8) is 0 Å². The van der Waals surface area contributed by atoms with Crippen LogP contribution < -0.4 is 5.73 Å². The van der Waals surface area contributed by atoms with Crippen LogP contribution in [0.3, 0.4) is 0 Å². The zero-order chi connectivity index (χ0) is 15.4. The molecule has 0 saturated carbocycles. The second-order valence-electron chi connectivity index (χ2n) is 4.67. The highest BCUT2D eigenvalue weighted by molar-refractivity contribution is 14.1. The minimum atomic E-state index is -0.243. The van der Waals surface area contributed by atoms with Crippen molar-refractivity contribution in [2.24, 2.45) is 5.73 Å². The summed E-state index contributed by atoms with van der Waals surface area (Å²) in [5.74, 6) is 1.05. The van der Waals surface area contributed by atoms with Crippen molar-refractivity contribution >= 4 is 38.5 Å². The van der Waals surface area contributed by atoms with Gasteiger partial charge in [-0.25, -0.2) is 0 Å². The highest BCUT2D eigenvalue weighted by Crippen LogP contribution is 2.27. The number of nitrogens with zero attached hydrogens (tertiary/aromatic N) is 3. The first kappa shape index (κ1) is 16.9. The quantitative estimate of drug-likeness (QED) is 0.663. The Morgan fingerprint density at radius 2 is 2.10 bits per heavy atom. The van der Waals surface area contributed by atoms with E-state index in [1.165, 1.54) is 0 Å². The van der Waals surface area contributed by atoms with Crippen molar-refractivity contribution in [1.29, 1.82) is 0 Å². The minimum Gasteiger partial charge on any atom is -0.334 e. The molecule has 0 fully saturated rings. The van der Waals surface area contributed by atoms with E-state index in [1.54, 1.807) is 0 Å². The molecule has 1 atom stereocenters. The van der Waals surface area contributed by atoms with Crippen LogP contribution >= 0.6 is 38.5 Å². The maximum atomic E-state index is 6.17. The SMILES string of the molecule is CCN(CC)CC(N)c1noc(-c2cc(Br)ccc2I)n1. The van der Waals surface area contributed by atoms with Gasteiger partial charge in [-0.1, -0.05) is 34.9 Å². The summed E-state index contributed by atoms with van der Waals surface area (Å²) >= 11 is 5.71. The molecule has 1 heterocycles. The van der Waals surface area contributed by atoms with Crippen LogP contribution in [0.4, 0.5) is 0 Å². The Balaban J connectivity index is 2.19. The number of halogens is 2. The number of hydrogen-bond donors (Lipinski definition) is 1. The Kier molecular flexibility index (Phi) is 6.15. The van der Waals surface area contributed by atoms with Crippen LogP contribution in [0.15, 0.2) is 27.2 Å². The molecule has 1 aromatic heterocycles. The van der Waals surface area contributed by atoms with Gasteiger partial charge >= 0.3 is 0 Å². The van der Waals surface area contributed by atoms with Gasteiger partial charge in [0.2, 0.25) is 0 Å². The Hall–Kier alpha value is -0.510. The Morgan fingerprint density at radius 3 is 2.76 bits per heavy atom. The lowest BCUT2D eigenvalue weighted by Gasteiger charge is -2.20. The lowest BCUT2D eigenvalue weighted by atomic mass is 10.2. The highest BCUT2D eigenvalue weighted by Gasteiger charge is 2.18. The van der Waals surface area contributed by atoms with Crippen LogP contribution in [0.25, 0.3) is 11.5 Å². The molecule has 1 unspecified atom stereocenters. The fourth-order valence-corrected chi connectivity index (χ4v) is 2.93. The molecule has 1 aromatic carbocycles. The number of benzene rings is 1.